The molecule has 0 aliphatic heterocycles. The third kappa shape index (κ3) is 3.86. The SMILES string of the molecule is O=c1ccn(C/C(=N/Nc2ccccc2)c2ccccc2)c(=O)[nH]1. The van der Waals surface area contributed by atoms with Gasteiger partial charge in [0.1, 0.15) is 0 Å². The highest BCUT2D eigenvalue weighted by Gasteiger charge is 2.06. The lowest BCUT2D eigenvalue weighted by Gasteiger charge is -2.10. The first-order valence-corrected chi connectivity index (χ1v) is 7.45. The van der Waals surface area contributed by atoms with Gasteiger partial charge in [-0.2, -0.15) is 5.10 Å². The molecule has 3 aromatic rings. The Kier molecular flexibility index (Phi) is 4.67. The molecule has 3 rings (SSSR count). The van der Waals surface area contributed by atoms with Crippen LogP contribution in [0.4, 0.5) is 5.69 Å². The summed E-state index contributed by atoms with van der Waals surface area (Å²) < 4.78 is 1.40. The molecule has 0 amide bonds. The molecule has 0 aliphatic rings. The van der Waals surface area contributed by atoms with Gasteiger partial charge >= 0.3 is 5.69 Å². The number of anilines is 1. The van der Waals surface area contributed by atoms with Crippen molar-refractivity contribution in [1.82, 2.24) is 9.55 Å². The zero-order valence-electron chi connectivity index (χ0n) is 12.8. The second-order valence-electron chi connectivity index (χ2n) is 5.14. The lowest BCUT2D eigenvalue weighted by Crippen LogP contribution is -2.31. The minimum absolute atomic E-state index is 0.236. The van der Waals surface area contributed by atoms with Crippen LogP contribution >= 0.6 is 0 Å². The molecule has 1 heterocycles. The number of nitrogens with one attached hydrogen (secondary N) is 2. The summed E-state index contributed by atoms with van der Waals surface area (Å²) in [5, 5.41) is 4.44. The number of aromatic nitrogens is 2. The summed E-state index contributed by atoms with van der Waals surface area (Å²) in [7, 11) is 0. The number of hydrazone groups is 1. The van der Waals surface area contributed by atoms with E-state index in [1.54, 1.807) is 0 Å². The molecule has 6 heteroatoms. The predicted molar refractivity (Wildman–Crippen MR) is 94.4 cm³/mol. The Balaban J connectivity index is 1.93. The van der Waals surface area contributed by atoms with Gasteiger partial charge in [0.05, 0.1) is 17.9 Å². The molecule has 0 saturated heterocycles. The molecule has 6 nitrogen and oxygen atoms in total. The van der Waals surface area contributed by atoms with Gasteiger partial charge in [0.25, 0.3) is 5.56 Å². The molecule has 0 aliphatic carbocycles. The maximum atomic E-state index is 11.9. The fourth-order valence-corrected chi connectivity index (χ4v) is 2.20. The predicted octanol–water partition coefficient (Wildman–Crippen LogP) is 2.05. The quantitative estimate of drug-likeness (QED) is 0.558. The highest BCUT2D eigenvalue weighted by Crippen LogP contribution is 2.08. The van der Waals surface area contributed by atoms with E-state index in [-0.39, 0.29) is 6.54 Å². The number of H-pyrrole nitrogens is 1. The van der Waals surface area contributed by atoms with Crippen molar-refractivity contribution in [1.29, 1.82) is 0 Å². The van der Waals surface area contributed by atoms with Gasteiger partial charge in [0.15, 0.2) is 0 Å². The average Bonchev–Trinajstić information content (AvgIpc) is 2.62. The monoisotopic (exact) mass is 320 g/mol. The minimum Gasteiger partial charge on any atom is -0.295 e. The van der Waals surface area contributed by atoms with E-state index in [0.717, 1.165) is 11.3 Å². The van der Waals surface area contributed by atoms with E-state index in [4.69, 9.17) is 0 Å². The summed E-state index contributed by atoms with van der Waals surface area (Å²) in [5.41, 5.74) is 4.52. The lowest BCUT2D eigenvalue weighted by atomic mass is 10.1. The van der Waals surface area contributed by atoms with Crippen LogP contribution in [0, 0.1) is 0 Å². The van der Waals surface area contributed by atoms with Gasteiger partial charge in [0, 0.05) is 12.3 Å². The molecular weight excluding hydrogens is 304 g/mol. The fourth-order valence-electron chi connectivity index (χ4n) is 2.20. The molecule has 0 saturated carbocycles. The summed E-state index contributed by atoms with van der Waals surface area (Å²) in [6.45, 7) is 0.236. The molecule has 0 atom stereocenters. The molecule has 120 valence electrons. The molecule has 1 aromatic heterocycles. The zero-order valence-corrected chi connectivity index (χ0v) is 12.8. The summed E-state index contributed by atoms with van der Waals surface area (Å²) in [6, 6.07) is 20.4. The second-order valence-corrected chi connectivity index (χ2v) is 5.14. The van der Waals surface area contributed by atoms with Crippen LogP contribution in [0.2, 0.25) is 0 Å². The first-order valence-electron chi connectivity index (χ1n) is 7.45. The first kappa shape index (κ1) is 15.5. The third-order valence-corrected chi connectivity index (χ3v) is 3.42. The van der Waals surface area contributed by atoms with Crippen molar-refractivity contribution in [2.45, 2.75) is 6.54 Å². The van der Waals surface area contributed by atoms with Crippen LogP contribution in [0.15, 0.2) is 87.6 Å². The second kappa shape index (κ2) is 7.23. The standard InChI is InChI=1S/C18H16N4O2/c23-17-11-12-22(18(24)19-17)13-16(14-7-3-1-4-8-14)21-20-15-9-5-2-6-10-15/h1-12,20H,13H2,(H,19,23,24)/b21-16-. The average molecular weight is 320 g/mol. The van der Waals surface area contributed by atoms with E-state index in [0.29, 0.717) is 5.71 Å². The molecule has 0 radical (unpaired) electrons. The van der Waals surface area contributed by atoms with Crippen molar-refractivity contribution < 1.29 is 0 Å². The number of hydrogen-bond acceptors (Lipinski definition) is 4. The molecule has 0 fully saturated rings. The molecule has 0 unspecified atom stereocenters. The molecule has 2 N–H and O–H groups in total. The topological polar surface area (TPSA) is 79.2 Å². The number of rotatable bonds is 5. The largest absolute Gasteiger partial charge is 0.328 e. The Morgan fingerprint density at radius 3 is 2.29 bits per heavy atom. The van der Waals surface area contributed by atoms with E-state index < -0.39 is 11.2 Å². The van der Waals surface area contributed by atoms with Gasteiger partial charge in [-0.3, -0.25) is 19.8 Å². The highest BCUT2D eigenvalue weighted by molar-refractivity contribution is 6.00. The number of benzene rings is 2. The van der Waals surface area contributed by atoms with Crippen LogP contribution in [-0.2, 0) is 6.54 Å². The Morgan fingerprint density at radius 1 is 0.958 bits per heavy atom. The van der Waals surface area contributed by atoms with Crippen LogP contribution in [0.25, 0.3) is 0 Å². The summed E-state index contributed by atoms with van der Waals surface area (Å²) in [6.07, 6.45) is 1.46. The first-order chi connectivity index (χ1) is 11.7. The molecule has 0 spiro atoms. The van der Waals surface area contributed by atoms with Gasteiger partial charge in [-0.25, -0.2) is 4.79 Å². The van der Waals surface area contributed by atoms with Gasteiger partial charge in [0.2, 0.25) is 0 Å². The third-order valence-electron chi connectivity index (χ3n) is 3.42. The van der Waals surface area contributed by atoms with Crippen LogP contribution in [0.1, 0.15) is 5.56 Å². The maximum absolute atomic E-state index is 11.9. The number of nitrogens with zero attached hydrogens (tertiary/aromatic N) is 2. The van der Waals surface area contributed by atoms with E-state index in [1.807, 2.05) is 60.7 Å². The highest BCUT2D eigenvalue weighted by atomic mass is 16.2. The van der Waals surface area contributed by atoms with Crippen molar-refractivity contribution in [2.75, 3.05) is 5.43 Å². The fraction of sp³-hybridized carbons (Fsp3) is 0.0556. The van der Waals surface area contributed by atoms with E-state index in [1.165, 1.54) is 16.8 Å². The Labute approximate surface area is 138 Å². The van der Waals surface area contributed by atoms with Gasteiger partial charge in [-0.1, -0.05) is 48.5 Å². The van der Waals surface area contributed by atoms with Crippen LogP contribution < -0.4 is 16.7 Å². The molecule has 2 aromatic carbocycles. The van der Waals surface area contributed by atoms with Gasteiger partial charge < -0.3 is 0 Å². The van der Waals surface area contributed by atoms with Crippen LogP contribution in [-0.4, -0.2) is 15.3 Å². The van der Waals surface area contributed by atoms with E-state index in [2.05, 4.69) is 15.5 Å². The molecule has 0 bridgehead atoms. The molecular formula is C18H16N4O2. The van der Waals surface area contributed by atoms with Crippen molar-refractivity contribution in [3.05, 3.63) is 99.3 Å². The smallest absolute Gasteiger partial charge is 0.295 e. The van der Waals surface area contributed by atoms with Crippen molar-refractivity contribution in [3.8, 4) is 0 Å². The van der Waals surface area contributed by atoms with Crippen LogP contribution in [0.5, 0.6) is 0 Å². The van der Waals surface area contributed by atoms with E-state index >= 15 is 0 Å². The zero-order chi connectivity index (χ0) is 16.8. The minimum atomic E-state index is -0.467. The van der Waals surface area contributed by atoms with Gasteiger partial charge in [-0.15, -0.1) is 0 Å². The van der Waals surface area contributed by atoms with Crippen molar-refractivity contribution >= 4 is 11.4 Å². The number of aromatic amines is 1. The molecule has 24 heavy (non-hydrogen) atoms. The lowest BCUT2D eigenvalue weighted by molar-refractivity contribution is 0.756. The van der Waals surface area contributed by atoms with Gasteiger partial charge in [-0.05, 0) is 17.7 Å². The van der Waals surface area contributed by atoms with Crippen molar-refractivity contribution in [2.24, 2.45) is 5.10 Å². The summed E-state index contributed by atoms with van der Waals surface area (Å²) >= 11 is 0. The summed E-state index contributed by atoms with van der Waals surface area (Å²) in [5.74, 6) is 0. The Bertz CT molecular complexity index is 944. The Morgan fingerprint density at radius 2 is 1.62 bits per heavy atom. The normalized spacial score (nSPS) is 11.2. The van der Waals surface area contributed by atoms with Crippen molar-refractivity contribution in [3.63, 3.8) is 0 Å². The van der Waals surface area contributed by atoms with E-state index in [9.17, 15) is 9.59 Å². The maximum Gasteiger partial charge on any atom is 0.328 e. The number of hydrogen-bond donors (Lipinski definition) is 2. The summed E-state index contributed by atoms with van der Waals surface area (Å²) in [4.78, 5) is 25.4. The van der Waals surface area contributed by atoms with Crippen LogP contribution in [0.3, 0.4) is 0 Å². The Hall–Kier alpha value is -3.41. The number of para-hydroxylation sites is 1.